The number of carbonyl (C=O) groups excluding carboxylic acids is 1. The molecule has 0 radical (unpaired) electrons. The Morgan fingerprint density at radius 3 is 2.48 bits per heavy atom. The molecule has 2 bridgehead atoms. The average molecular weight is 312 g/mol. The van der Waals surface area contributed by atoms with Gasteiger partial charge >= 0.3 is 0 Å². The van der Waals surface area contributed by atoms with Gasteiger partial charge in [-0.05, 0) is 55.4 Å². The van der Waals surface area contributed by atoms with E-state index >= 15 is 0 Å². The molecule has 2 aliphatic rings. The summed E-state index contributed by atoms with van der Waals surface area (Å²) in [6.07, 6.45) is 3.28. The highest BCUT2D eigenvalue weighted by molar-refractivity contribution is 7.99. The number of anilines is 1. The minimum atomic E-state index is -2.43. The van der Waals surface area contributed by atoms with Gasteiger partial charge in [-0.25, -0.2) is 0 Å². The van der Waals surface area contributed by atoms with Crippen molar-refractivity contribution in [3.8, 4) is 0 Å². The molecule has 2 aliphatic carbocycles. The van der Waals surface area contributed by atoms with E-state index in [1.54, 1.807) is 24.3 Å². The van der Waals surface area contributed by atoms with Gasteiger partial charge in [0.05, 0.1) is 5.92 Å². The highest BCUT2D eigenvalue weighted by atomic mass is 32.2. The number of nitrogens with one attached hydrogen (secondary N) is 1. The lowest BCUT2D eigenvalue weighted by atomic mass is 9.84. The van der Waals surface area contributed by atoms with Crippen LogP contribution in [0.1, 0.15) is 19.3 Å². The van der Waals surface area contributed by atoms with E-state index in [1.807, 2.05) is 0 Å². The van der Waals surface area contributed by atoms with Gasteiger partial charge < -0.3 is 11.1 Å². The summed E-state index contributed by atoms with van der Waals surface area (Å²) in [6, 6.07) is 6.45. The van der Waals surface area contributed by atoms with Crippen LogP contribution in [0, 0.1) is 17.8 Å². The number of amides is 1. The van der Waals surface area contributed by atoms with Crippen molar-refractivity contribution in [3.63, 3.8) is 0 Å². The lowest BCUT2D eigenvalue weighted by Gasteiger charge is -2.27. The number of nitrogens with two attached hydrogens (primary N) is 1. The van der Waals surface area contributed by atoms with Crippen molar-refractivity contribution in [1.29, 1.82) is 0 Å². The van der Waals surface area contributed by atoms with E-state index in [0.29, 0.717) is 34.2 Å². The van der Waals surface area contributed by atoms with E-state index in [2.05, 4.69) is 5.32 Å². The van der Waals surface area contributed by atoms with Crippen LogP contribution in [0.3, 0.4) is 0 Å². The third-order valence-electron chi connectivity index (χ3n) is 4.63. The SMILES string of the molecule is NC1C2CCC(C2)C1C(=O)Nc1ccc(SC(F)F)cc1. The first-order valence-electron chi connectivity index (χ1n) is 7.16. The lowest BCUT2D eigenvalue weighted by Crippen LogP contribution is -2.42. The first kappa shape index (κ1) is 14.8. The molecule has 3 nitrogen and oxygen atoms in total. The molecular formula is C15H18F2N2OS. The number of hydrogen-bond donors (Lipinski definition) is 2. The van der Waals surface area contributed by atoms with Crippen LogP contribution in [0.4, 0.5) is 14.5 Å². The van der Waals surface area contributed by atoms with Crippen molar-refractivity contribution < 1.29 is 13.6 Å². The highest BCUT2D eigenvalue weighted by Crippen LogP contribution is 2.47. The van der Waals surface area contributed by atoms with Gasteiger partial charge in [-0.15, -0.1) is 0 Å². The van der Waals surface area contributed by atoms with Crippen molar-refractivity contribution in [3.05, 3.63) is 24.3 Å². The second-order valence-electron chi connectivity index (χ2n) is 5.83. The van der Waals surface area contributed by atoms with Gasteiger partial charge in [0.25, 0.3) is 5.76 Å². The molecule has 0 aliphatic heterocycles. The Hall–Kier alpha value is -1.14. The summed E-state index contributed by atoms with van der Waals surface area (Å²) in [4.78, 5) is 12.8. The molecule has 2 saturated carbocycles. The number of halogens is 2. The van der Waals surface area contributed by atoms with Crippen LogP contribution < -0.4 is 11.1 Å². The number of fused-ring (bicyclic) bond motifs is 2. The zero-order chi connectivity index (χ0) is 15.0. The Bertz CT molecular complexity index is 521. The number of alkyl halides is 2. The lowest BCUT2D eigenvalue weighted by molar-refractivity contribution is -0.121. The number of carbonyl (C=O) groups is 1. The molecular weight excluding hydrogens is 294 g/mol. The maximum Gasteiger partial charge on any atom is 0.288 e. The molecule has 0 spiro atoms. The van der Waals surface area contributed by atoms with Crippen molar-refractivity contribution in [2.24, 2.45) is 23.5 Å². The first-order chi connectivity index (χ1) is 10.0. The zero-order valence-corrected chi connectivity index (χ0v) is 12.3. The molecule has 3 rings (SSSR count). The molecule has 1 amide bonds. The quantitative estimate of drug-likeness (QED) is 0.839. The topological polar surface area (TPSA) is 55.1 Å². The smallest absolute Gasteiger partial charge is 0.288 e. The summed E-state index contributed by atoms with van der Waals surface area (Å²) in [5, 5.41) is 2.86. The van der Waals surface area contributed by atoms with Gasteiger partial charge in [-0.1, -0.05) is 11.8 Å². The highest BCUT2D eigenvalue weighted by Gasteiger charge is 2.49. The summed E-state index contributed by atoms with van der Waals surface area (Å²) >= 11 is 0.495. The van der Waals surface area contributed by atoms with Crippen molar-refractivity contribution >= 4 is 23.4 Å². The average Bonchev–Trinajstić information content (AvgIpc) is 3.01. The van der Waals surface area contributed by atoms with Crippen molar-refractivity contribution in [1.82, 2.24) is 0 Å². The van der Waals surface area contributed by atoms with Gasteiger partial charge in [0, 0.05) is 16.6 Å². The molecule has 2 fully saturated rings. The van der Waals surface area contributed by atoms with E-state index in [9.17, 15) is 13.6 Å². The van der Waals surface area contributed by atoms with Gasteiger partial charge in [-0.3, -0.25) is 4.79 Å². The molecule has 1 aromatic rings. The van der Waals surface area contributed by atoms with E-state index in [-0.39, 0.29) is 17.9 Å². The van der Waals surface area contributed by atoms with Crippen molar-refractivity contribution in [2.75, 3.05) is 5.32 Å². The minimum absolute atomic E-state index is 0.0380. The maximum atomic E-state index is 12.4. The molecule has 3 N–H and O–H groups in total. The van der Waals surface area contributed by atoms with Gasteiger partial charge in [-0.2, -0.15) is 8.78 Å². The van der Waals surface area contributed by atoms with E-state index in [4.69, 9.17) is 5.73 Å². The second kappa shape index (κ2) is 5.93. The molecule has 1 aromatic carbocycles. The molecule has 4 atom stereocenters. The maximum absolute atomic E-state index is 12.4. The van der Waals surface area contributed by atoms with Gasteiger partial charge in [0.2, 0.25) is 5.91 Å². The summed E-state index contributed by atoms with van der Waals surface area (Å²) in [5.74, 6) is -1.70. The summed E-state index contributed by atoms with van der Waals surface area (Å²) < 4.78 is 24.5. The Morgan fingerprint density at radius 1 is 1.24 bits per heavy atom. The fourth-order valence-electron chi connectivity index (χ4n) is 3.67. The Morgan fingerprint density at radius 2 is 1.90 bits per heavy atom. The largest absolute Gasteiger partial charge is 0.327 e. The molecule has 0 heterocycles. The predicted molar refractivity (Wildman–Crippen MR) is 79.2 cm³/mol. The summed E-state index contributed by atoms with van der Waals surface area (Å²) in [5.41, 5.74) is 6.78. The standard InChI is InChI=1S/C15H18F2N2OS/c16-15(17)21-11-5-3-10(4-6-11)19-14(20)12-8-1-2-9(7-8)13(12)18/h3-6,8-9,12-13,15H,1-2,7,18H2,(H,19,20). The third-order valence-corrected chi connectivity index (χ3v) is 5.35. The van der Waals surface area contributed by atoms with E-state index in [1.165, 1.54) is 0 Å². The van der Waals surface area contributed by atoms with Gasteiger partial charge in [0.15, 0.2) is 0 Å². The normalized spacial score (nSPS) is 30.9. The zero-order valence-electron chi connectivity index (χ0n) is 11.5. The third kappa shape index (κ3) is 3.06. The number of hydrogen-bond acceptors (Lipinski definition) is 3. The number of benzene rings is 1. The molecule has 0 aromatic heterocycles. The monoisotopic (exact) mass is 312 g/mol. The first-order valence-corrected chi connectivity index (χ1v) is 8.04. The number of rotatable bonds is 4. The van der Waals surface area contributed by atoms with Crippen LogP contribution in [-0.2, 0) is 4.79 Å². The molecule has 114 valence electrons. The molecule has 6 heteroatoms. The van der Waals surface area contributed by atoms with Crippen LogP contribution in [0.5, 0.6) is 0 Å². The summed E-state index contributed by atoms with van der Waals surface area (Å²) in [7, 11) is 0. The predicted octanol–water partition coefficient (Wildman–Crippen LogP) is 3.31. The van der Waals surface area contributed by atoms with Crippen LogP contribution in [0.15, 0.2) is 29.2 Å². The van der Waals surface area contributed by atoms with E-state index < -0.39 is 5.76 Å². The Labute approximate surface area is 126 Å². The van der Waals surface area contributed by atoms with Crippen LogP contribution >= 0.6 is 11.8 Å². The number of thioether (sulfide) groups is 1. The minimum Gasteiger partial charge on any atom is -0.327 e. The fourth-order valence-corrected chi connectivity index (χ4v) is 4.17. The second-order valence-corrected chi connectivity index (χ2v) is 6.89. The van der Waals surface area contributed by atoms with Gasteiger partial charge in [0.1, 0.15) is 0 Å². The van der Waals surface area contributed by atoms with Crippen molar-refractivity contribution in [2.45, 2.75) is 36.0 Å². The molecule has 21 heavy (non-hydrogen) atoms. The molecule has 4 unspecified atom stereocenters. The fraction of sp³-hybridized carbons (Fsp3) is 0.533. The van der Waals surface area contributed by atoms with E-state index in [0.717, 1.165) is 19.3 Å². The van der Waals surface area contributed by atoms with Crippen LogP contribution in [0.2, 0.25) is 0 Å². The van der Waals surface area contributed by atoms with Crippen LogP contribution in [0.25, 0.3) is 0 Å². The Kier molecular flexibility index (Phi) is 4.17. The summed E-state index contributed by atoms with van der Waals surface area (Å²) in [6.45, 7) is 0. The molecule has 0 saturated heterocycles. The van der Waals surface area contributed by atoms with Crippen LogP contribution in [-0.4, -0.2) is 17.7 Å². The Balaban J connectivity index is 1.62.